The first-order valence-electron chi connectivity index (χ1n) is 10.3. The fourth-order valence-electron chi connectivity index (χ4n) is 3.74. The molecule has 0 fully saturated rings. The topological polar surface area (TPSA) is 55.8 Å². The molecule has 0 radical (unpaired) electrons. The highest BCUT2D eigenvalue weighted by Crippen LogP contribution is 2.35. The lowest BCUT2D eigenvalue weighted by molar-refractivity contribution is -0.154. The number of ether oxygens (including phenoxy) is 2. The number of methoxy groups -OCH3 is 1. The molecule has 172 valence electrons. The zero-order chi connectivity index (χ0) is 23.6. The smallest absolute Gasteiger partial charge is 0.333 e. The van der Waals surface area contributed by atoms with E-state index in [0.717, 1.165) is 17.7 Å². The molecule has 2 aromatic rings. The maximum absolute atomic E-state index is 14.1. The number of carbonyl (C=O) groups excluding carboxylic acids is 2. The highest BCUT2D eigenvalue weighted by Gasteiger charge is 2.37. The van der Waals surface area contributed by atoms with Crippen molar-refractivity contribution in [2.75, 3.05) is 13.7 Å². The number of fused-ring (bicyclic) bond motifs is 1. The molecular weight excluding hydrogens is 440 g/mol. The number of amides is 1. The first-order valence-corrected chi connectivity index (χ1v) is 10.6. The Hall–Kier alpha value is -2.67. The molecule has 0 bridgehead atoms. The van der Waals surface area contributed by atoms with E-state index in [1.54, 1.807) is 23.1 Å². The van der Waals surface area contributed by atoms with Gasteiger partial charge in [-0.3, -0.25) is 4.79 Å². The maximum atomic E-state index is 14.1. The predicted octanol–water partition coefficient (Wildman–Crippen LogP) is 5.23. The minimum atomic E-state index is -0.858. The van der Waals surface area contributed by atoms with Crippen molar-refractivity contribution in [3.63, 3.8) is 0 Å². The van der Waals surface area contributed by atoms with Crippen LogP contribution in [0.2, 0.25) is 5.02 Å². The van der Waals surface area contributed by atoms with Gasteiger partial charge in [0.25, 0.3) is 0 Å². The summed E-state index contributed by atoms with van der Waals surface area (Å²) in [5.74, 6) is -1.86. The zero-order valence-corrected chi connectivity index (χ0v) is 19.3. The third kappa shape index (κ3) is 5.21. The number of rotatable bonds is 5. The molecule has 5 nitrogen and oxygen atoms in total. The van der Waals surface area contributed by atoms with E-state index in [0.29, 0.717) is 30.7 Å². The quantitative estimate of drug-likeness (QED) is 0.448. The molecule has 1 amide bonds. The SMILES string of the molecule is COC(=O)[C@H]1c2ccc(OCc3c(F)ccc(Cl)c3F)cc2CCN1C(=O)CC(C)(C)C. The highest BCUT2D eigenvalue weighted by atomic mass is 35.5. The third-order valence-electron chi connectivity index (χ3n) is 5.29. The van der Waals surface area contributed by atoms with E-state index in [-0.39, 0.29) is 28.5 Å². The molecule has 1 atom stereocenters. The summed E-state index contributed by atoms with van der Waals surface area (Å²) in [6.45, 7) is 5.90. The molecule has 3 rings (SSSR count). The molecule has 0 N–H and O–H groups in total. The number of carbonyl (C=O) groups is 2. The van der Waals surface area contributed by atoms with Gasteiger partial charge in [0.1, 0.15) is 18.2 Å². The summed E-state index contributed by atoms with van der Waals surface area (Å²) in [4.78, 5) is 27.0. The molecular formula is C24H26ClF2NO4. The van der Waals surface area contributed by atoms with Crippen molar-refractivity contribution in [2.24, 2.45) is 5.41 Å². The first kappa shape index (κ1) is 24.0. The van der Waals surface area contributed by atoms with E-state index in [1.807, 2.05) is 20.8 Å². The Morgan fingerprint density at radius 1 is 1.19 bits per heavy atom. The van der Waals surface area contributed by atoms with E-state index >= 15 is 0 Å². The number of benzene rings is 2. The van der Waals surface area contributed by atoms with Crippen LogP contribution in [-0.2, 0) is 27.4 Å². The van der Waals surface area contributed by atoms with Crippen molar-refractivity contribution in [1.29, 1.82) is 0 Å². The number of halogens is 3. The molecule has 0 saturated carbocycles. The minimum Gasteiger partial charge on any atom is -0.489 e. The number of hydrogen-bond donors (Lipinski definition) is 0. The van der Waals surface area contributed by atoms with Gasteiger partial charge in [0.2, 0.25) is 5.91 Å². The molecule has 2 aromatic carbocycles. The average Bonchev–Trinajstić information content (AvgIpc) is 2.73. The Morgan fingerprint density at radius 2 is 1.91 bits per heavy atom. The predicted molar refractivity (Wildman–Crippen MR) is 116 cm³/mol. The minimum absolute atomic E-state index is 0.120. The third-order valence-corrected chi connectivity index (χ3v) is 5.58. The van der Waals surface area contributed by atoms with Crippen molar-refractivity contribution in [1.82, 2.24) is 4.90 Å². The summed E-state index contributed by atoms with van der Waals surface area (Å²) >= 11 is 5.73. The zero-order valence-electron chi connectivity index (χ0n) is 18.5. The van der Waals surface area contributed by atoms with E-state index in [1.165, 1.54) is 7.11 Å². The first-order chi connectivity index (χ1) is 15.0. The van der Waals surface area contributed by atoms with Gasteiger partial charge in [0, 0.05) is 13.0 Å². The van der Waals surface area contributed by atoms with Crippen LogP contribution in [0, 0.1) is 17.0 Å². The molecule has 0 saturated heterocycles. The standard InChI is InChI=1S/C24H26ClF2NO4/c1-24(2,3)12-20(29)28-10-9-14-11-15(5-6-16(14)22(28)23(30)31-4)32-13-17-19(26)8-7-18(25)21(17)27/h5-8,11,22H,9-10,12-13H2,1-4H3/t22-/m1/s1. The van der Waals surface area contributed by atoms with Gasteiger partial charge in [-0.15, -0.1) is 0 Å². The van der Waals surface area contributed by atoms with Crippen LogP contribution < -0.4 is 4.74 Å². The Bertz CT molecular complexity index is 1040. The Labute approximate surface area is 191 Å². The van der Waals surface area contributed by atoms with Crippen LogP contribution in [0.25, 0.3) is 0 Å². The lowest BCUT2D eigenvalue weighted by Gasteiger charge is -2.37. The monoisotopic (exact) mass is 465 g/mol. The summed E-state index contributed by atoms with van der Waals surface area (Å²) in [6, 6.07) is 6.39. The Morgan fingerprint density at radius 3 is 2.56 bits per heavy atom. The largest absolute Gasteiger partial charge is 0.489 e. The molecule has 8 heteroatoms. The average molecular weight is 466 g/mol. The van der Waals surface area contributed by atoms with Gasteiger partial charge in [-0.1, -0.05) is 38.4 Å². The van der Waals surface area contributed by atoms with Crippen LogP contribution in [0.4, 0.5) is 8.78 Å². The Kier molecular flexibility index (Phi) is 7.08. The van der Waals surface area contributed by atoms with Gasteiger partial charge in [-0.05, 0) is 47.2 Å². The number of nitrogens with zero attached hydrogens (tertiary/aromatic N) is 1. The summed E-state index contributed by atoms with van der Waals surface area (Å²) in [5, 5.41) is -0.184. The van der Waals surface area contributed by atoms with Crippen molar-refractivity contribution in [3.8, 4) is 5.75 Å². The summed E-state index contributed by atoms with van der Waals surface area (Å²) < 4.78 is 38.6. The second-order valence-corrected chi connectivity index (χ2v) is 9.38. The second-order valence-electron chi connectivity index (χ2n) is 8.97. The van der Waals surface area contributed by atoms with Gasteiger partial charge in [-0.2, -0.15) is 0 Å². The van der Waals surface area contributed by atoms with Crippen LogP contribution in [-0.4, -0.2) is 30.4 Å². The highest BCUT2D eigenvalue weighted by molar-refractivity contribution is 6.30. The van der Waals surface area contributed by atoms with Crippen molar-refractivity contribution in [2.45, 2.75) is 46.3 Å². The van der Waals surface area contributed by atoms with Gasteiger partial charge in [0.15, 0.2) is 11.9 Å². The lowest BCUT2D eigenvalue weighted by Crippen LogP contribution is -2.45. The summed E-state index contributed by atoms with van der Waals surface area (Å²) in [7, 11) is 1.29. The van der Waals surface area contributed by atoms with E-state index in [9.17, 15) is 18.4 Å². The van der Waals surface area contributed by atoms with Crippen LogP contribution in [0.1, 0.15) is 49.9 Å². The molecule has 1 heterocycles. The molecule has 32 heavy (non-hydrogen) atoms. The summed E-state index contributed by atoms with van der Waals surface area (Å²) in [5.41, 5.74) is 0.977. The molecule has 1 aliphatic heterocycles. The molecule has 0 aliphatic carbocycles. The van der Waals surface area contributed by atoms with E-state index in [2.05, 4.69) is 0 Å². The lowest BCUT2D eigenvalue weighted by atomic mass is 9.88. The van der Waals surface area contributed by atoms with Crippen LogP contribution in [0.15, 0.2) is 30.3 Å². The Balaban J connectivity index is 1.84. The molecule has 1 aliphatic rings. The van der Waals surface area contributed by atoms with Gasteiger partial charge in [-0.25, -0.2) is 13.6 Å². The van der Waals surface area contributed by atoms with Crippen LogP contribution in [0.3, 0.4) is 0 Å². The summed E-state index contributed by atoms with van der Waals surface area (Å²) in [6.07, 6.45) is 0.809. The van der Waals surface area contributed by atoms with Crippen molar-refractivity contribution >= 4 is 23.5 Å². The van der Waals surface area contributed by atoms with Crippen LogP contribution in [0.5, 0.6) is 5.75 Å². The van der Waals surface area contributed by atoms with Crippen molar-refractivity contribution in [3.05, 3.63) is 63.7 Å². The fourth-order valence-corrected chi connectivity index (χ4v) is 3.92. The number of esters is 1. The molecule has 0 aromatic heterocycles. The van der Waals surface area contributed by atoms with Crippen LogP contribution >= 0.6 is 11.6 Å². The molecule has 0 unspecified atom stereocenters. The molecule has 0 spiro atoms. The van der Waals surface area contributed by atoms with E-state index in [4.69, 9.17) is 21.1 Å². The van der Waals surface area contributed by atoms with Gasteiger partial charge in [0.05, 0.1) is 17.7 Å². The second kappa shape index (κ2) is 9.45. The van der Waals surface area contributed by atoms with E-state index < -0.39 is 23.6 Å². The maximum Gasteiger partial charge on any atom is 0.333 e. The van der Waals surface area contributed by atoms with Crippen molar-refractivity contribution < 1.29 is 27.8 Å². The van der Waals surface area contributed by atoms with Gasteiger partial charge < -0.3 is 14.4 Å². The van der Waals surface area contributed by atoms with Gasteiger partial charge >= 0.3 is 5.97 Å². The fraction of sp³-hybridized carbons (Fsp3) is 0.417. The normalized spacial score (nSPS) is 15.8. The number of hydrogen-bond acceptors (Lipinski definition) is 4.